The molecule has 1 fully saturated rings. The number of nitrogens with zero attached hydrogens (tertiary/aromatic N) is 4. The predicted molar refractivity (Wildman–Crippen MR) is 99.5 cm³/mol. The monoisotopic (exact) mass is 382 g/mol. The van der Waals surface area contributed by atoms with Gasteiger partial charge in [-0.2, -0.15) is 4.98 Å². The van der Waals surface area contributed by atoms with Gasteiger partial charge in [-0.05, 0) is 37.5 Å². The molecule has 146 valence electrons. The van der Waals surface area contributed by atoms with E-state index in [-0.39, 0.29) is 5.91 Å². The lowest BCUT2D eigenvalue weighted by Crippen LogP contribution is -2.49. The van der Waals surface area contributed by atoms with Crippen LogP contribution in [0.15, 0.2) is 52.1 Å². The van der Waals surface area contributed by atoms with Crippen molar-refractivity contribution in [3.8, 4) is 11.5 Å². The first kappa shape index (κ1) is 18.4. The molecule has 8 nitrogen and oxygen atoms in total. The number of rotatable bonds is 6. The van der Waals surface area contributed by atoms with Crippen molar-refractivity contribution in [3.05, 3.63) is 54.5 Å². The van der Waals surface area contributed by atoms with Gasteiger partial charge in [0.2, 0.25) is 0 Å². The van der Waals surface area contributed by atoms with Gasteiger partial charge in [0, 0.05) is 39.2 Å². The van der Waals surface area contributed by atoms with Crippen molar-refractivity contribution in [1.29, 1.82) is 0 Å². The molecule has 0 aliphatic carbocycles. The maximum Gasteiger partial charge on any atom is 0.259 e. The third-order valence-corrected chi connectivity index (χ3v) is 5.23. The van der Waals surface area contributed by atoms with Gasteiger partial charge in [-0.15, -0.1) is 0 Å². The Morgan fingerprint density at radius 3 is 3.07 bits per heavy atom. The molecule has 4 rings (SSSR count). The van der Waals surface area contributed by atoms with Gasteiger partial charge in [0.1, 0.15) is 6.26 Å². The summed E-state index contributed by atoms with van der Waals surface area (Å²) in [6, 6.07) is 5.39. The highest BCUT2D eigenvalue weighted by atomic mass is 16.5. The van der Waals surface area contributed by atoms with Crippen LogP contribution < -0.4 is 0 Å². The smallest absolute Gasteiger partial charge is 0.259 e. The summed E-state index contributed by atoms with van der Waals surface area (Å²) in [5.41, 5.74) is 0.898. The Morgan fingerprint density at radius 2 is 2.32 bits per heavy atom. The second-order valence-electron chi connectivity index (χ2n) is 7.03. The molecule has 0 N–H and O–H groups in total. The van der Waals surface area contributed by atoms with Gasteiger partial charge < -0.3 is 18.6 Å². The Morgan fingerprint density at radius 1 is 1.39 bits per heavy atom. The van der Waals surface area contributed by atoms with Crippen LogP contribution in [0.4, 0.5) is 0 Å². The van der Waals surface area contributed by atoms with E-state index in [1.165, 1.54) is 12.5 Å². The molecule has 1 unspecified atom stereocenters. The molecule has 0 saturated carbocycles. The Labute approximate surface area is 162 Å². The quantitative estimate of drug-likeness (QED) is 0.647. The number of furan rings is 1. The van der Waals surface area contributed by atoms with Crippen LogP contribution in [-0.4, -0.2) is 52.7 Å². The molecular weight excluding hydrogens is 360 g/mol. The number of methoxy groups -OCH3 is 1. The molecular formula is C20H22N4O4. The average Bonchev–Trinajstić information content (AvgIpc) is 3.45. The number of pyridine rings is 1. The van der Waals surface area contributed by atoms with Crippen molar-refractivity contribution in [2.45, 2.75) is 24.7 Å². The van der Waals surface area contributed by atoms with Crippen LogP contribution in [-0.2, 0) is 10.2 Å². The number of piperidine rings is 1. The van der Waals surface area contributed by atoms with Gasteiger partial charge in [0.05, 0.1) is 22.8 Å². The molecule has 1 aliphatic heterocycles. The van der Waals surface area contributed by atoms with Crippen molar-refractivity contribution in [3.63, 3.8) is 0 Å². The summed E-state index contributed by atoms with van der Waals surface area (Å²) >= 11 is 0. The molecule has 1 saturated heterocycles. The first-order valence-corrected chi connectivity index (χ1v) is 9.27. The number of likely N-dealkylation sites (tertiary alicyclic amines) is 1. The van der Waals surface area contributed by atoms with Crippen LogP contribution in [0, 0.1) is 0 Å². The Bertz CT molecular complexity index is 909. The number of carbonyl (C=O) groups is 1. The molecule has 3 aromatic heterocycles. The molecule has 1 amide bonds. The van der Waals surface area contributed by atoms with E-state index in [2.05, 4.69) is 15.1 Å². The number of amides is 1. The molecule has 1 aliphatic rings. The third kappa shape index (κ3) is 3.55. The molecule has 1 atom stereocenters. The summed E-state index contributed by atoms with van der Waals surface area (Å²) in [5, 5.41) is 4.27. The highest BCUT2D eigenvalue weighted by Gasteiger charge is 2.42. The zero-order valence-corrected chi connectivity index (χ0v) is 15.7. The highest BCUT2D eigenvalue weighted by molar-refractivity contribution is 5.94. The summed E-state index contributed by atoms with van der Waals surface area (Å²) in [6.45, 7) is 1.74. The van der Waals surface area contributed by atoms with Gasteiger partial charge in [0.15, 0.2) is 5.82 Å². The van der Waals surface area contributed by atoms with Crippen LogP contribution >= 0.6 is 0 Å². The second kappa shape index (κ2) is 7.93. The number of aromatic nitrogens is 3. The van der Waals surface area contributed by atoms with E-state index in [0.717, 1.165) is 18.4 Å². The predicted octanol–water partition coefficient (Wildman–Crippen LogP) is 2.94. The summed E-state index contributed by atoms with van der Waals surface area (Å²) < 4.78 is 15.9. The Kier molecular flexibility index (Phi) is 5.21. The lowest BCUT2D eigenvalue weighted by atomic mass is 9.76. The summed E-state index contributed by atoms with van der Waals surface area (Å²) in [4.78, 5) is 23.4. The Hall–Kier alpha value is -3.00. The van der Waals surface area contributed by atoms with E-state index in [1.807, 2.05) is 17.0 Å². The van der Waals surface area contributed by atoms with Crippen LogP contribution in [0.25, 0.3) is 11.5 Å². The SMILES string of the molecule is COCCC1(c2noc(-c3cccnc3)n2)CCCN(C(=O)c2ccoc2)C1. The van der Waals surface area contributed by atoms with Gasteiger partial charge >= 0.3 is 0 Å². The van der Waals surface area contributed by atoms with Gasteiger partial charge in [0.25, 0.3) is 11.8 Å². The largest absolute Gasteiger partial charge is 0.472 e. The van der Waals surface area contributed by atoms with E-state index >= 15 is 0 Å². The summed E-state index contributed by atoms with van der Waals surface area (Å²) in [7, 11) is 1.67. The minimum Gasteiger partial charge on any atom is -0.472 e. The van der Waals surface area contributed by atoms with E-state index in [0.29, 0.717) is 43.4 Å². The van der Waals surface area contributed by atoms with Crippen molar-refractivity contribution >= 4 is 5.91 Å². The maximum atomic E-state index is 12.8. The average molecular weight is 382 g/mol. The van der Waals surface area contributed by atoms with E-state index in [1.54, 1.807) is 25.6 Å². The normalized spacial score (nSPS) is 19.7. The summed E-state index contributed by atoms with van der Waals surface area (Å²) in [6.07, 6.45) is 8.78. The van der Waals surface area contributed by atoms with E-state index < -0.39 is 5.41 Å². The third-order valence-electron chi connectivity index (χ3n) is 5.23. The van der Waals surface area contributed by atoms with Gasteiger partial charge in [-0.3, -0.25) is 9.78 Å². The van der Waals surface area contributed by atoms with Crippen LogP contribution in [0.5, 0.6) is 0 Å². The van der Waals surface area contributed by atoms with Crippen molar-refractivity contribution in [1.82, 2.24) is 20.0 Å². The van der Waals surface area contributed by atoms with Crippen molar-refractivity contribution in [2.24, 2.45) is 0 Å². The number of hydrogen-bond acceptors (Lipinski definition) is 7. The molecule has 0 bridgehead atoms. The van der Waals surface area contributed by atoms with Crippen molar-refractivity contribution in [2.75, 3.05) is 26.8 Å². The molecule has 0 spiro atoms. The number of hydrogen-bond donors (Lipinski definition) is 0. The second-order valence-corrected chi connectivity index (χ2v) is 7.03. The lowest BCUT2D eigenvalue weighted by Gasteiger charge is -2.40. The van der Waals surface area contributed by atoms with Crippen LogP contribution in [0.2, 0.25) is 0 Å². The van der Waals surface area contributed by atoms with Gasteiger partial charge in [-0.1, -0.05) is 5.16 Å². The molecule has 0 radical (unpaired) electrons. The zero-order valence-electron chi connectivity index (χ0n) is 15.7. The van der Waals surface area contributed by atoms with Crippen LogP contribution in [0.3, 0.4) is 0 Å². The molecule has 3 aromatic rings. The maximum absolute atomic E-state index is 12.8. The molecule has 8 heteroatoms. The highest BCUT2D eigenvalue weighted by Crippen LogP contribution is 2.37. The number of ether oxygens (including phenoxy) is 1. The first-order chi connectivity index (χ1) is 13.7. The lowest BCUT2D eigenvalue weighted by molar-refractivity contribution is 0.0566. The molecule has 4 heterocycles. The minimum absolute atomic E-state index is 0.0498. The zero-order chi connectivity index (χ0) is 19.4. The minimum atomic E-state index is -0.419. The topological polar surface area (TPSA) is 94.5 Å². The standard InChI is InChI=1S/C20H22N4O4/c1-26-11-7-20(19-22-17(28-23-19)15-4-2-8-21-12-15)6-3-9-24(14-20)18(25)16-5-10-27-13-16/h2,4-5,8,10,12-13H,3,6-7,9,11,14H2,1H3. The number of carbonyl (C=O) groups excluding carboxylic acids is 1. The van der Waals surface area contributed by atoms with E-state index in [9.17, 15) is 4.79 Å². The fourth-order valence-corrected chi connectivity index (χ4v) is 3.72. The molecule has 0 aromatic carbocycles. The van der Waals surface area contributed by atoms with Gasteiger partial charge in [-0.25, -0.2) is 0 Å². The fraction of sp³-hybridized carbons (Fsp3) is 0.400. The fourth-order valence-electron chi connectivity index (χ4n) is 3.72. The Balaban J connectivity index is 1.63. The van der Waals surface area contributed by atoms with Crippen LogP contribution in [0.1, 0.15) is 35.4 Å². The first-order valence-electron chi connectivity index (χ1n) is 9.27. The van der Waals surface area contributed by atoms with E-state index in [4.69, 9.17) is 13.7 Å². The van der Waals surface area contributed by atoms with Crippen molar-refractivity contribution < 1.29 is 18.5 Å². The summed E-state index contributed by atoms with van der Waals surface area (Å²) in [5.74, 6) is 0.984. The molecule has 28 heavy (non-hydrogen) atoms.